The number of aromatic nitrogens is 1. The molecule has 0 aliphatic carbocycles. The highest BCUT2D eigenvalue weighted by Crippen LogP contribution is 1.99. The maximum absolute atomic E-state index is 10.7. The Labute approximate surface area is 68.3 Å². The molecule has 5 nitrogen and oxygen atoms in total. The van der Waals surface area contributed by atoms with Crippen LogP contribution in [-0.2, 0) is 4.84 Å². The quantitative estimate of drug-likeness (QED) is 0.588. The van der Waals surface area contributed by atoms with Crippen LogP contribution in [0.1, 0.15) is 16.1 Å². The first-order valence-electron chi connectivity index (χ1n) is 3.05. The number of nitrogens with zero attached hydrogens (tertiary/aromatic N) is 2. The van der Waals surface area contributed by atoms with E-state index in [2.05, 4.69) is 15.7 Å². The molecular weight excluding hydrogens is 158 g/mol. The average Bonchev–Trinajstić information content (AvgIpc) is 2.17. The minimum atomic E-state index is -0.674. The van der Waals surface area contributed by atoms with Gasteiger partial charge >= 0.3 is 5.97 Å². The highest BCUT2D eigenvalue weighted by molar-refractivity contribution is 5.88. The zero-order valence-corrected chi connectivity index (χ0v) is 6.02. The Hall–Kier alpha value is -1.93. The van der Waals surface area contributed by atoms with E-state index in [0.717, 1.165) is 0 Å². The monoisotopic (exact) mass is 163 g/mol. The van der Waals surface area contributed by atoms with Gasteiger partial charge in [-0.2, -0.15) is 11.2 Å². The molecule has 12 heavy (non-hydrogen) atoms. The number of rotatable bonds is 1. The van der Waals surface area contributed by atoms with Gasteiger partial charge in [0.1, 0.15) is 11.8 Å². The van der Waals surface area contributed by atoms with E-state index in [-0.39, 0.29) is 11.3 Å². The molecular formula is C7H5N3O2. The van der Waals surface area contributed by atoms with Crippen molar-refractivity contribution in [2.45, 2.75) is 0 Å². The van der Waals surface area contributed by atoms with Gasteiger partial charge in [0.05, 0.1) is 5.56 Å². The second-order valence-electron chi connectivity index (χ2n) is 1.95. The summed E-state index contributed by atoms with van der Waals surface area (Å²) in [6.07, 6.45) is 1.23. The Kier molecular flexibility index (Phi) is 2.35. The van der Waals surface area contributed by atoms with Gasteiger partial charge in [-0.1, -0.05) is 0 Å². The van der Waals surface area contributed by atoms with Crippen molar-refractivity contribution in [2.75, 3.05) is 0 Å². The number of pyridine rings is 1. The molecule has 0 spiro atoms. The summed E-state index contributed by atoms with van der Waals surface area (Å²) in [6, 6.07) is 4.64. The second kappa shape index (κ2) is 3.46. The molecule has 0 bridgehead atoms. The summed E-state index contributed by atoms with van der Waals surface area (Å²) >= 11 is 0. The molecule has 0 amide bonds. The Morgan fingerprint density at radius 1 is 1.67 bits per heavy atom. The minimum Gasteiger partial charge on any atom is -0.370 e. The van der Waals surface area contributed by atoms with Gasteiger partial charge in [-0.25, -0.2) is 9.78 Å². The zero-order chi connectivity index (χ0) is 8.97. The Bertz CT molecular complexity index is 325. The van der Waals surface area contributed by atoms with Crippen molar-refractivity contribution in [1.82, 2.24) is 4.98 Å². The van der Waals surface area contributed by atoms with Crippen LogP contribution in [0, 0.1) is 11.3 Å². The van der Waals surface area contributed by atoms with Gasteiger partial charge < -0.3 is 4.84 Å². The molecule has 1 rings (SSSR count). The maximum Gasteiger partial charge on any atom is 0.358 e. The van der Waals surface area contributed by atoms with Crippen LogP contribution < -0.4 is 5.90 Å². The average molecular weight is 163 g/mol. The van der Waals surface area contributed by atoms with Gasteiger partial charge in [-0.15, -0.1) is 0 Å². The van der Waals surface area contributed by atoms with Crippen LogP contribution in [0.25, 0.3) is 0 Å². The van der Waals surface area contributed by atoms with Gasteiger partial charge in [0.15, 0.2) is 0 Å². The van der Waals surface area contributed by atoms with Crippen LogP contribution in [0.2, 0.25) is 0 Å². The number of hydrogen-bond acceptors (Lipinski definition) is 5. The van der Waals surface area contributed by atoms with Crippen molar-refractivity contribution in [2.24, 2.45) is 5.90 Å². The third kappa shape index (κ3) is 1.56. The Balaban J connectivity index is 2.94. The van der Waals surface area contributed by atoms with E-state index >= 15 is 0 Å². The SMILES string of the molecule is N#Cc1ccc(C(=O)ON)cn1. The van der Waals surface area contributed by atoms with Gasteiger partial charge in [0, 0.05) is 6.20 Å². The number of nitrogens with two attached hydrogens (primary N) is 1. The zero-order valence-electron chi connectivity index (χ0n) is 6.02. The highest BCUT2D eigenvalue weighted by Gasteiger charge is 2.05. The van der Waals surface area contributed by atoms with Crippen LogP contribution in [0.15, 0.2) is 18.3 Å². The molecule has 0 aromatic carbocycles. The Morgan fingerprint density at radius 3 is 2.83 bits per heavy atom. The van der Waals surface area contributed by atoms with Crippen molar-refractivity contribution < 1.29 is 9.63 Å². The van der Waals surface area contributed by atoms with E-state index in [4.69, 9.17) is 5.26 Å². The summed E-state index contributed by atoms with van der Waals surface area (Å²) in [6.45, 7) is 0. The van der Waals surface area contributed by atoms with Crippen molar-refractivity contribution >= 4 is 5.97 Å². The van der Waals surface area contributed by atoms with E-state index in [1.807, 2.05) is 6.07 Å². The molecule has 0 aliphatic rings. The lowest BCUT2D eigenvalue weighted by Gasteiger charge is -1.95. The third-order valence-electron chi connectivity index (χ3n) is 1.22. The van der Waals surface area contributed by atoms with Gasteiger partial charge in [-0.05, 0) is 12.1 Å². The molecule has 5 heteroatoms. The summed E-state index contributed by atoms with van der Waals surface area (Å²) < 4.78 is 0. The smallest absolute Gasteiger partial charge is 0.358 e. The molecule has 0 aliphatic heterocycles. The van der Waals surface area contributed by atoms with Crippen LogP contribution in [0.4, 0.5) is 0 Å². The minimum absolute atomic E-state index is 0.219. The molecule has 1 aromatic rings. The van der Waals surface area contributed by atoms with Crippen LogP contribution >= 0.6 is 0 Å². The van der Waals surface area contributed by atoms with Crippen molar-refractivity contribution in [1.29, 1.82) is 5.26 Å². The molecule has 1 aromatic heterocycles. The first kappa shape index (κ1) is 8.17. The van der Waals surface area contributed by atoms with Gasteiger partial charge in [0.2, 0.25) is 0 Å². The molecule has 0 atom stereocenters. The molecule has 60 valence electrons. The molecule has 0 saturated carbocycles. The topological polar surface area (TPSA) is 89.0 Å². The predicted molar refractivity (Wildman–Crippen MR) is 38.6 cm³/mol. The van der Waals surface area contributed by atoms with E-state index in [9.17, 15) is 4.79 Å². The third-order valence-corrected chi connectivity index (χ3v) is 1.22. The molecule has 0 fully saturated rings. The first-order valence-corrected chi connectivity index (χ1v) is 3.05. The first-order chi connectivity index (χ1) is 5.77. The maximum atomic E-state index is 10.7. The number of nitriles is 1. The summed E-state index contributed by atoms with van der Waals surface area (Å²) in [5.41, 5.74) is 0.458. The van der Waals surface area contributed by atoms with E-state index in [1.54, 1.807) is 0 Å². The lowest BCUT2D eigenvalue weighted by Crippen LogP contribution is -2.10. The largest absolute Gasteiger partial charge is 0.370 e. The normalized spacial score (nSPS) is 8.67. The molecule has 0 unspecified atom stereocenters. The van der Waals surface area contributed by atoms with Crippen LogP contribution in [0.5, 0.6) is 0 Å². The van der Waals surface area contributed by atoms with Gasteiger partial charge in [0.25, 0.3) is 0 Å². The molecule has 0 saturated heterocycles. The fourth-order valence-corrected chi connectivity index (χ4v) is 0.649. The number of carbonyl (C=O) groups is 1. The number of hydrogen-bond donors (Lipinski definition) is 1. The lowest BCUT2D eigenvalue weighted by atomic mass is 10.2. The van der Waals surface area contributed by atoms with Gasteiger partial charge in [-0.3, -0.25) is 0 Å². The second-order valence-corrected chi connectivity index (χ2v) is 1.95. The summed E-state index contributed by atoms with van der Waals surface area (Å²) in [7, 11) is 0. The van der Waals surface area contributed by atoms with Crippen LogP contribution in [-0.4, -0.2) is 11.0 Å². The van der Waals surface area contributed by atoms with Crippen molar-refractivity contribution in [3.05, 3.63) is 29.6 Å². The summed E-state index contributed by atoms with van der Waals surface area (Å²) in [4.78, 5) is 18.3. The molecule has 1 heterocycles. The van der Waals surface area contributed by atoms with Crippen molar-refractivity contribution in [3.63, 3.8) is 0 Å². The fourth-order valence-electron chi connectivity index (χ4n) is 0.649. The van der Waals surface area contributed by atoms with E-state index in [1.165, 1.54) is 18.3 Å². The van der Waals surface area contributed by atoms with E-state index < -0.39 is 5.97 Å². The van der Waals surface area contributed by atoms with Crippen molar-refractivity contribution in [3.8, 4) is 6.07 Å². The standard InChI is InChI=1S/C7H5N3O2/c8-3-6-2-1-5(4-10-6)7(11)12-9/h1-2,4H,9H2. The summed E-state index contributed by atoms with van der Waals surface area (Å²) in [5, 5.41) is 8.37. The van der Waals surface area contributed by atoms with Crippen LogP contribution in [0.3, 0.4) is 0 Å². The Morgan fingerprint density at radius 2 is 2.42 bits per heavy atom. The summed E-state index contributed by atoms with van der Waals surface area (Å²) in [5.74, 6) is 3.96. The number of carbonyl (C=O) groups excluding carboxylic acids is 1. The fraction of sp³-hybridized carbons (Fsp3) is 0. The lowest BCUT2D eigenvalue weighted by molar-refractivity contribution is 0.0503. The van der Waals surface area contributed by atoms with E-state index in [0.29, 0.717) is 0 Å². The molecule has 0 radical (unpaired) electrons. The highest BCUT2D eigenvalue weighted by atomic mass is 16.7. The molecule has 2 N–H and O–H groups in total. The predicted octanol–water partition coefficient (Wildman–Crippen LogP) is -0.0162.